The summed E-state index contributed by atoms with van der Waals surface area (Å²) in [6, 6.07) is 4.02. The van der Waals surface area contributed by atoms with Crippen molar-refractivity contribution in [1.82, 2.24) is 20.3 Å². The van der Waals surface area contributed by atoms with E-state index >= 15 is 0 Å². The number of nitrogens with one attached hydrogen (secondary N) is 3. The van der Waals surface area contributed by atoms with Crippen LogP contribution in [0.5, 0.6) is 0 Å². The number of amides is 1. The maximum Gasteiger partial charge on any atom is 0.223 e. The zero-order valence-corrected chi connectivity index (χ0v) is 13.3. The molecule has 0 aromatic carbocycles. The van der Waals surface area contributed by atoms with Crippen molar-refractivity contribution in [2.45, 2.75) is 45.4 Å². The Labute approximate surface area is 130 Å². The van der Waals surface area contributed by atoms with Gasteiger partial charge in [0.15, 0.2) is 0 Å². The highest BCUT2D eigenvalue weighted by Gasteiger charge is 2.27. The van der Waals surface area contributed by atoms with Gasteiger partial charge in [0, 0.05) is 48.8 Å². The Balaban J connectivity index is 1.53. The average Bonchev–Trinajstić information content (AvgIpc) is 3.15. The highest BCUT2D eigenvalue weighted by atomic mass is 16.1. The van der Waals surface area contributed by atoms with E-state index in [2.05, 4.69) is 34.1 Å². The molecule has 1 unspecified atom stereocenters. The topological polar surface area (TPSA) is 73.6 Å². The summed E-state index contributed by atoms with van der Waals surface area (Å²) in [6.45, 7) is 4.95. The largest absolute Gasteiger partial charge is 0.365 e. The van der Waals surface area contributed by atoms with E-state index in [9.17, 15) is 4.79 Å². The molecule has 1 aliphatic rings. The Kier molecular flexibility index (Phi) is 4.32. The number of hydrogen-bond donors (Lipinski definition) is 3. The molecule has 0 spiro atoms. The van der Waals surface area contributed by atoms with Crippen LogP contribution in [0.4, 0.5) is 0 Å². The molecule has 22 heavy (non-hydrogen) atoms. The summed E-state index contributed by atoms with van der Waals surface area (Å²) >= 11 is 0. The molecule has 2 aromatic heterocycles. The van der Waals surface area contributed by atoms with E-state index in [1.54, 1.807) is 0 Å². The number of aryl methyl sites for hydroxylation is 1. The number of H-pyrrole nitrogens is 2. The second-order valence-electron chi connectivity index (χ2n) is 6.38. The molecule has 0 saturated carbocycles. The van der Waals surface area contributed by atoms with Crippen LogP contribution in [0.3, 0.4) is 0 Å². The van der Waals surface area contributed by atoms with E-state index in [-0.39, 0.29) is 11.8 Å². The zero-order valence-electron chi connectivity index (χ0n) is 13.3. The van der Waals surface area contributed by atoms with Gasteiger partial charge < -0.3 is 15.3 Å². The van der Waals surface area contributed by atoms with Gasteiger partial charge in [-0.05, 0) is 25.0 Å². The van der Waals surface area contributed by atoms with Crippen LogP contribution in [0.1, 0.15) is 49.1 Å². The highest BCUT2D eigenvalue weighted by Crippen LogP contribution is 2.25. The summed E-state index contributed by atoms with van der Waals surface area (Å²) < 4.78 is 0. The van der Waals surface area contributed by atoms with Crippen LogP contribution in [-0.4, -0.2) is 27.4 Å². The van der Waals surface area contributed by atoms with Crippen LogP contribution < -0.4 is 5.32 Å². The van der Waals surface area contributed by atoms with Gasteiger partial charge in [-0.15, -0.1) is 0 Å². The fraction of sp³-hybridized carbons (Fsp3) is 0.529. The summed E-state index contributed by atoms with van der Waals surface area (Å²) in [6.07, 6.45) is 5.32. The smallest absolute Gasteiger partial charge is 0.223 e. The lowest BCUT2D eigenvalue weighted by Crippen LogP contribution is -2.35. The molecule has 2 heterocycles. The monoisotopic (exact) mass is 300 g/mol. The lowest BCUT2D eigenvalue weighted by molar-refractivity contribution is -0.125. The highest BCUT2D eigenvalue weighted by molar-refractivity contribution is 5.79. The number of carbonyl (C=O) groups is 1. The quantitative estimate of drug-likeness (QED) is 0.793. The van der Waals surface area contributed by atoms with Crippen molar-refractivity contribution in [2.75, 3.05) is 6.54 Å². The van der Waals surface area contributed by atoms with Gasteiger partial charge in [-0.1, -0.05) is 13.8 Å². The maximum atomic E-state index is 12.3. The van der Waals surface area contributed by atoms with Gasteiger partial charge in [-0.25, -0.2) is 4.98 Å². The number of hydrogen-bond acceptors (Lipinski definition) is 2. The van der Waals surface area contributed by atoms with Crippen LogP contribution >= 0.6 is 0 Å². The van der Waals surface area contributed by atoms with Gasteiger partial charge in [0.25, 0.3) is 0 Å². The number of aromatic nitrogens is 3. The van der Waals surface area contributed by atoms with Crippen LogP contribution in [-0.2, 0) is 24.1 Å². The molecule has 0 aliphatic heterocycles. The first-order valence-corrected chi connectivity index (χ1v) is 8.11. The molecule has 2 aromatic rings. The van der Waals surface area contributed by atoms with Crippen molar-refractivity contribution in [1.29, 1.82) is 0 Å². The molecule has 0 saturated heterocycles. The van der Waals surface area contributed by atoms with Gasteiger partial charge in [0.1, 0.15) is 5.82 Å². The minimum absolute atomic E-state index is 0.0663. The van der Waals surface area contributed by atoms with E-state index in [4.69, 9.17) is 0 Å². The Bertz CT molecular complexity index is 627. The van der Waals surface area contributed by atoms with Crippen molar-refractivity contribution < 1.29 is 4.79 Å². The number of carbonyl (C=O) groups excluding carboxylic acids is 1. The summed E-state index contributed by atoms with van der Waals surface area (Å²) in [5.74, 6) is 1.67. The van der Waals surface area contributed by atoms with Crippen molar-refractivity contribution in [3.63, 3.8) is 0 Å². The van der Waals surface area contributed by atoms with Gasteiger partial charge in [-0.3, -0.25) is 4.79 Å². The Hall–Kier alpha value is -2.04. The lowest BCUT2D eigenvalue weighted by Gasteiger charge is -2.20. The van der Waals surface area contributed by atoms with Crippen LogP contribution in [0.15, 0.2) is 18.3 Å². The summed E-state index contributed by atoms with van der Waals surface area (Å²) in [5.41, 5.74) is 3.46. The molecule has 5 heteroatoms. The number of nitrogens with zero attached hydrogens (tertiary/aromatic N) is 1. The molecule has 0 fully saturated rings. The van der Waals surface area contributed by atoms with Gasteiger partial charge in [0.05, 0.1) is 5.69 Å². The Morgan fingerprint density at radius 2 is 2.36 bits per heavy atom. The third-order valence-corrected chi connectivity index (χ3v) is 4.34. The molecular weight excluding hydrogens is 276 g/mol. The maximum absolute atomic E-state index is 12.3. The molecule has 5 nitrogen and oxygen atoms in total. The Morgan fingerprint density at radius 3 is 3.09 bits per heavy atom. The van der Waals surface area contributed by atoms with Crippen LogP contribution in [0.25, 0.3) is 0 Å². The fourth-order valence-corrected chi connectivity index (χ4v) is 2.99. The average molecular weight is 300 g/mol. The van der Waals surface area contributed by atoms with Gasteiger partial charge in [0.2, 0.25) is 5.91 Å². The standard InChI is InChI=1S/C17H24N4O/c1-11(2)16-20-14-6-5-12(10-15(14)21-16)17(22)19-9-7-13-4-3-8-18-13/h3-4,8,11-12,18H,5-7,9-10H2,1-2H3,(H,19,22)(H,20,21). The van der Waals surface area contributed by atoms with Crippen LogP contribution in [0, 0.1) is 5.92 Å². The summed E-state index contributed by atoms with van der Waals surface area (Å²) in [4.78, 5) is 23.5. The van der Waals surface area contributed by atoms with E-state index < -0.39 is 0 Å². The first-order valence-electron chi connectivity index (χ1n) is 8.11. The minimum Gasteiger partial charge on any atom is -0.365 e. The molecule has 0 bridgehead atoms. The van der Waals surface area contributed by atoms with Crippen molar-refractivity contribution >= 4 is 5.91 Å². The third kappa shape index (κ3) is 3.24. The van der Waals surface area contributed by atoms with E-state index in [0.717, 1.165) is 48.6 Å². The molecular formula is C17H24N4O. The molecule has 3 rings (SSSR count). The van der Waals surface area contributed by atoms with Crippen molar-refractivity contribution in [2.24, 2.45) is 5.92 Å². The lowest BCUT2D eigenvalue weighted by atomic mass is 9.89. The summed E-state index contributed by atoms with van der Waals surface area (Å²) in [5, 5.41) is 3.06. The minimum atomic E-state index is 0.0663. The number of rotatable bonds is 5. The molecule has 1 atom stereocenters. The number of fused-ring (bicyclic) bond motifs is 1. The Morgan fingerprint density at radius 1 is 1.50 bits per heavy atom. The second kappa shape index (κ2) is 6.38. The normalized spacial score (nSPS) is 17.5. The van der Waals surface area contributed by atoms with E-state index in [1.165, 1.54) is 0 Å². The number of aromatic amines is 2. The fourth-order valence-electron chi connectivity index (χ4n) is 2.99. The SMILES string of the molecule is CC(C)c1nc2c([nH]1)CC(C(=O)NCCc1ccc[nH]1)CC2. The molecule has 1 amide bonds. The molecule has 118 valence electrons. The van der Waals surface area contributed by atoms with E-state index in [0.29, 0.717) is 12.5 Å². The van der Waals surface area contributed by atoms with Crippen LogP contribution in [0.2, 0.25) is 0 Å². The van der Waals surface area contributed by atoms with Gasteiger partial charge >= 0.3 is 0 Å². The second-order valence-corrected chi connectivity index (χ2v) is 6.38. The molecule has 1 aliphatic carbocycles. The zero-order chi connectivity index (χ0) is 15.5. The van der Waals surface area contributed by atoms with E-state index in [1.807, 2.05) is 18.3 Å². The van der Waals surface area contributed by atoms with Crippen molar-refractivity contribution in [3.05, 3.63) is 41.2 Å². The third-order valence-electron chi connectivity index (χ3n) is 4.34. The van der Waals surface area contributed by atoms with Crippen molar-refractivity contribution in [3.8, 4) is 0 Å². The molecule has 0 radical (unpaired) electrons. The summed E-state index contributed by atoms with van der Waals surface area (Å²) in [7, 11) is 0. The number of imidazole rings is 1. The predicted molar refractivity (Wildman–Crippen MR) is 85.7 cm³/mol. The first-order chi connectivity index (χ1) is 10.6. The van der Waals surface area contributed by atoms with Gasteiger partial charge in [-0.2, -0.15) is 0 Å². The first kappa shape index (κ1) is 14.9. The predicted octanol–water partition coefficient (Wildman–Crippen LogP) is 2.33. The molecule has 3 N–H and O–H groups in total.